The fourth-order valence-electron chi connectivity index (χ4n) is 1.85. The van der Waals surface area contributed by atoms with Gasteiger partial charge in [0.05, 0.1) is 6.10 Å². The lowest BCUT2D eigenvalue weighted by Gasteiger charge is -2.30. The molecule has 1 atom stereocenters. The first kappa shape index (κ1) is 11.0. The van der Waals surface area contributed by atoms with E-state index in [2.05, 4.69) is 31.2 Å². The van der Waals surface area contributed by atoms with E-state index in [0.717, 1.165) is 5.75 Å². The topological polar surface area (TPSA) is 20.2 Å². The van der Waals surface area contributed by atoms with Gasteiger partial charge >= 0.3 is 0 Å². The molecule has 1 nitrogen and oxygen atoms in total. The molecule has 0 radical (unpaired) electrons. The van der Waals surface area contributed by atoms with Crippen LogP contribution >= 0.6 is 11.8 Å². The van der Waals surface area contributed by atoms with Crippen molar-refractivity contribution in [3.05, 3.63) is 29.8 Å². The summed E-state index contributed by atoms with van der Waals surface area (Å²) in [5.41, 5.74) is 1.31. The number of aliphatic hydroxyl groups is 1. The Labute approximate surface area is 95.9 Å². The average molecular weight is 222 g/mol. The Morgan fingerprint density at radius 1 is 1.40 bits per heavy atom. The Kier molecular flexibility index (Phi) is 3.71. The van der Waals surface area contributed by atoms with Crippen LogP contribution < -0.4 is 0 Å². The highest BCUT2D eigenvalue weighted by Crippen LogP contribution is 2.32. The largest absolute Gasteiger partial charge is 0.392 e. The lowest BCUT2D eigenvalue weighted by molar-refractivity contribution is 0.0817. The van der Waals surface area contributed by atoms with Crippen molar-refractivity contribution in [3.63, 3.8) is 0 Å². The molecule has 1 aliphatic carbocycles. The first-order chi connectivity index (χ1) is 7.27. The van der Waals surface area contributed by atoms with Crippen LogP contribution in [0.5, 0.6) is 0 Å². The molecule has 1 aromatic carbocycles. The minimum atomic E-state index is -0.108. The number of aliphatic hydroxyl groups excluding tert-OH is 1. The third-order valence-corrected chi connectivity index (χ3v) is 4.47. The average Bonchev–Trinajstić information content (AvgIpc) is 2.14. The predicted octanol–water partition coefficient (Wildman–Crippen LogP) is 3.25. The fraction of sp³-hybridized carbons (Fsp3) is 0.538. The molecule has 1 fully saturated rings. The summed E-state index contributed by atoms with van der Waals surface area (Å²) in [6, 6.07) is 8.37. The van der Waals surface area contributed by atoms with Gasteiger partial charge < -0.3 is 5.11 Å². The number of benzene rings is 1. The molecule has 0 aliphatic heterocycles. The summed E-state index contributed by atoms with van der Waals surface area (Å²) in [6.45, 7) is 2.12. The van der Waals surface area contributed by atoms with Gasteiger partial charge in [-0.25, -0.2) is 0 Å². The zero-order valence-corrected chi connectivity index (χ0v) is 9.96. The van der Waals surface area contributed by atoms with Crippen molar-refractivity contribution in [1.82, 2.24) is 0 Å². The van der Waals surface area contributed by atoms with Crippen molar-refractivity contribution < 1.29 is 5.11 Å². The molecule has 0 spiro atoms. The Morgan fingerprint density at radius 3 is 2.73 bits per heavy atom. The lowest BCUT2D eigenvalue weighted by Crippen LogP contribution is -2.28. The molecule has 1 N–H and O–H groups in total. The maximum Gasteiger partial charge on any atom is 0.0662 e. The molecule has 1 aromatic rings. The zero-order chi connectivity index (χ0) is 10.7. The van der Waals surface area contributed by atoms with E-state index >= 15 is 0 Å². The van der Waals surface area contributed by atoms with Gasteiger partial charge in [0.2, 0.25) is 0 Å². The molecule has 0 saturated heterocycles. The molecule has 1 unspecified atom stereocenters. The van der Waals surface area contributed by atoms with E-state index in [4.69, 9.17) is 0 Å². The summed E-state index contributed by atoms with van der Waals surface area (Å²) < 4.78 is 0. The normalized spacial score (nSPS) is 18.5. The van der Waals surface area contributed by atoms with Crippen LogP contribution in [-0.4, -0.2) is 17.0 Å². The number of aryl methyl sites for hydroxylation is 1. The van der Waals surface area contributed by atoms with Crippen LogP contribution in [-0.2, 0) is 0 Å². The van der Waals surface area contributed by atoms with E-state index in [-0.39, 0.29) is 6.10 Å². The van der Waals surface area contributed by atoms with Crippen LogP contribution in [0.1, 0.15) is 24.8 Å². The van der Waals surface area contributed by atoms with Gasteiger partial charge in [0.25, 0.3) is 0 Å². The highest BCUT2D eigenvalue weighted by molar-refractivity contribution is 7.99. The third-order valence-electron chi connectivity index (χ3n) is 3.20. The monoisotopic (exact) mass is 222 g/mol. The maximum absolute atomic E-state index is 9.90. The molecule has 1 saturated carbocycles. The van der Waals surface area contributed by atoms with Gasteiger partial charge in [-0.3, -0.25) is 0 Å². The Bertz CT molecular complexity index is 320. The molecule has 0 bridgehead atoms. The number of rotatable bonds is 4. The number of thioether (sulfide) groups is 1. The fourth-order valence-corrected chi connectivity index (χ4v) is 2.95. The second-order valence-corrected chi connectivity index (χ2v) is 5.40. The zero-order valence-electron chi connectivity index (χ0n) is 9.15. The molecule has 2 rings (SSSR count). The molecular formula is C13H18OS. The molecule has 2 heteroatoms. The minimum Gasteiger partial charge on any atom is -0.392 e. The van der Waals surface area contributed by atoms with Crippen LogP contribution in [0.3, 0.4) is 0 Å². The number of hydrogen-bond donors (Lipinski definition) is 1. The highest BCUT2D eigenvalue weighted by Gasteiger charge is 2.25. The van der Waals surface area contributed by atoms with Crippen molar-refractivity contribution in [1.29, 1.82) is 0 Å². The van der Waals surface area contributed by atoms with Crippen molar-refractivity contribution in [2.24, 2.45) is 5.92 Å². The first-order valence-corrected chi connectivity index (χ1v) is 6.62. The summed E-state index contributed by atoms with van der Waals surface area (Å²) in [6.07, 6.45) is 3.63. The van der Waals surface area contributed by atoms with Gasteiger partial charge in [-0.1, -0.05) is 24.6 Å². The van der Waals surface area contributed by atoms with Crippen molar-refractivity contribution in [3.8, 4) is 0 Å². The molecule has 1 aliphatic rings. The summed E-state index contributed by atoms with van der Waals surface area (Å²) >= 11 is 1.78. The van der Waals surface area contributed by atoms with Crippen LogP contribution in [0.25, 0.3) is 0 Å². The summed E-state index contributed by atoms with van der Waals surface area (Å²) in [7, 11) is 0. The van der Waals surface area contributed by atoms with E-state index in [1.54, 1.807) is 11.8 Å². The standard InChI is InChI=1S/C13H18OS/c1-10-5-2-3-8-13(10)15-9-12(14)11-6-4-7-11/h2-3,5,8,11-12,14H,4,6-7,9H2,1H3. The van der Waals surface area contributed by atoms with E-state index < -0.39 is 0 Å². The smallest absolute Gasteiger partial charge is 0.0662 e. The maximum atomic E-state index is 9.90. The van der Waals surface area contributed by atoms with E-state index in [0.29, 0.717) is 5.92 Å². The van der Waals surface area contributed by atoms with Crippen molar-refractivity contribution >= 4 is 11.8 Å². The predicted molar refractivity (Wildman–Crippen MR) is 65.3 cm³/mol. The van der Waals surface area contributed by atoms with Gasteiger partial charge in [-0.2, -0.15) is 0 Å². The Hall–Kier alpha value is -0.470. The van der Waals surface area contributed by atoms with E-state index in [1.165, 1.54) is 29.7 Å². The van der Waals surface area contributed by atoms with Gasteiger partial charge in [0.1, 0.15) is 0 Å². The van der Waals surface area contributed by atoms with Crippen LogP contribution in [0.15, 0.2) is 29.2 Å². The first-order valence-electron chi connectivity index (χ1n) is 5.64. The third kappa shape index (κ3) is 2.76. The van der Waals surface area contributed by atoms with E-state index in [9.17, 15) is 5.11 Å². The SMILES string of the molecule is Cc1ccccc1SCC(O)C1CCC1. The van der Waals surface area contributed by atoms with Gasteiger partial charge in [0.15, 0.2) is 0 Å². The highest BCUT2D eigenvalue weighted by atomic mass is 32.2. The molecule has 15 heavy (non-hydrogen) atoms. The molecule has 82 valence electrons. The lowest BCUT2D eigenvalue weighted by atomic mass is 9.82. The van der Waals surface area contributed by atoms with E-state index in [1.807, 2.05) is 0 Å². The second-order valence-electron chi connectivity index (χ2n) is 4.33. The molecule has 0 amide bonds. The van der Waals surface area contributed by atoms with Crippen molar-refractivity contribution in [2.75, 3.05) is 5.75 Å². The number of hydrogen-bond acceptors (Lipinski definition) is 2. The minimum absolute atomic E-state index is 0.108. The van der Waals surface area contributed by atoms with Crippen LogP contribution in [0.2, 0.25) is 0 Å². The van der Waals surface area contributed by atoms with Crippen LogP contribution in [0, 0.1) is 12.8 Å². The summed E-state index contributed by atoms with van der Waals surface area (Å²) in [5, 5.41) is 9.90. The summed E-state index contributed by atoms with van der Waals surface area (Å²) in [5.74, 6) is 1.41. The van der Waals surface area contributed by atoms with Crippen LogP contribution in [0.4, 0.5) is 0 Å². The molecule has 0 aromatic heterocycles. The van der Waals surface area contributed by atoms with Gasteiger partial charge in [-0.05, 0) is 37.3 Å². The Balaban J connectivity index is 1.84. The summed E-state index contributed by atoms with van der Waals surface area (Å²) in [4.78, 5) is 1.30. The second kappa shape index (κ2) is 5.04. The van der Waals surface area contributed by atoms with Gasteiger partial charge in [0, 0.05) is 10.6 Å². The molecule has 0 heterocycles. The molecular weight excluding hydrogens is 204 g/mol. The van der Waals surface area contributed by atoms with Gasteiger partial charge in [-0.15, -0.1) is 11.8 Å². The Morgan fingerprint density at radius 2 is 2.13 bits per heavy atom. The quantitative estimate of drug-likeness (QED) is 0.789. The van der Waals surface area contributed by atoms with Crippen molar-refractivity contribution in [2.45, 2.75) is 37.2 Å².